The molecule has 20 heavy (non-hydrogen) atoms. The third-order valence-corrected chi connectivity index (χ3v) is 3.66. The molecule has 0 unspecified atom stereocenters. The van der Waals surface area contributed by atoms with E-state index in [1.165, 1.54) is 0 Å². The van der Waals surface area contributed by atoms with Crippen molar-refractivity contribution < 1.29 is 23.8 Å². The van der Waals surface area contributed by atoms with Crippen LogP contribution in [0.1, 0.15) is 29.8 Å². The standard InChI is InChI=1S/C15H16O5/c1-15(2)8-19-14(17)12(15)20-13(16)10-3-4-11-9(7-10)5-6-18-11/h3-4,7,12H,5-6,8H2,1-2H3/t12-/m0/s1. The number of rotatable bonds is 2. The molecule has 2 heterocycles. The van der Waals surface area contributed by atoms with Gasteiger partial charge in [-0.25, -0.2) is 9.59 Å². The molecule has 0 radical (unpaired) electrons. The first-order chi connectivity index (χ1) is 9.47. The molecule has 0 saturated carbocycles. The number of carbonyl (C=O) groups excluding carboxylic acids is 2. The summed E-state index contributed by atoms with van der Waals surface area (Å²) in [6, 6.07) is 5.18. The van der Waals surface area contributed by atoms with Gasteiger partial charge in [0.2, 0.25) is 6.10 Å². The van der Waals surface area contributed by atoms with Gasteiger partial charge in [-0.1, -0.05) is 13.8 Å². The second-order valence-corrected chi connectivity index (χ2v) is 5.80. The SMILES string of the molecule is CC1(C)COC(=O)[C@@H]1OC(=O)c1ccc2c(c1)CCO2. The van der Waals surface area contributed by atoms with E-state index in [0.29, 0.717) is 12.2 Å². The maximum atomic E-state index is 12.2. The van der Waals surface area contributed by atoms with Gasteiger partial charge < -0.3 is 14.2 Å². The lowest BCUT2D eigenvalue weighted by Crippen LogP contribution is -2.34. The quantitative estimate of drug-likeness (QED) is 0.770. The van der Waals surface area contributed by atoms with E-state index in [9.17, 15) is 9.59 Å². The van der Waals surface area contributed by atoms with E-state index in [2.05, 4.69) is 0 Å². The first-order valence-electron chi connectivity index (χ1n) is 6.61. The van der Waals surface area contributed by atoms with Crippen molar-refractivity contribution in [2.45, 2.75) is 26.4 Å². The van der Waals surface area contributed by atoms with Crippen LogP contribution in [0.2, 0.25) is 0 Å². The van der Waals surface area contributed by atoms with Crippen molar-refractivity contribution in [3.63, 3.8) is 0 Å². The summed E-state index contributed by atoms with van der Waals surface area (Å²) in [4.78, 5) is 23.8. The molecule has 0 N–H and O–H groups in total. The summed E-state index contributed by atoms with van der Waals surface area (Å²) >= 11 is 0. The average Bonchev–Trinajstić information content (AvgIpc) is 2.97. The van der Waals surface area contributed by atoms with Crippen molar-refractivity contribution in [3.05, 3.63) is 29.3 Å². The van der Waals surface area contributed by atoms with Crippen molar-refractivity contribution in [3.8, 4) is 5.75 Å². The Labute approximate surface area is 116 Å². The molecule has 5 nitrogen and oxygen atoms in total. The van der Waals surface area contributed by atoms with E-state index in [-0.39, 0.29) is 6.61 Å². The highest BCUT2D eigenvalue weighted by atomic mass is 16.6. The minimum absolute atomic E-state index is 0.266. The van der Waals surface area contributed by atoms with Crippen LogP contribution in [0, 0.1) is 5.41 Å². The Morgan fingerprint density at radius 1 is 1.35 bits per heavy atom. The molecule has 1 atom stereocenters. The van der Waals surface area contributed by atoms with Crippen LogP contribution in [-0.2, 0) is 20.7 Å². The highest BCUT2D eigenvalue weighted by Crippen LogP contribution is 2.32. The van der Waals surface area contributed by atoms with E-state index in [1.54, 1.807) is 18.2 Å². The first-order valence-corrected chi connectivity index (χ1v) is 6.61. The number of ether oxygens (including phenoxy) is 3. The van der Waals surface area contributed by atoms with Crippen LogP contribution in [-0.4, -0.2) is 31.3 Å². The second-order valence-electron chi connectivity index (χ2n) is 5.80. The van der Waals surface area contributed by atoms with Crippen LogP contribution in [0.5, 0.6) is 5.75 Å². The molecule has 2 aliphatic rings. The van der Waals surface area contributed by atoms with Crippen LogP contribution in [0.3, 0.4) is 0 Å². The predicted molar refractivity (Wildman–Crippen MR) is 69.6 cm³/mol. The second kappa shape index (κ2) is 4.51. The van der Waals surface area contributed by atoms with Gasteiger partial charge in [-0.3, -0.25) is 0 Å². The molecular weight excluding hydrogens is 260 g/mol. The van der Waals surface area contributed by atoms with Gasteiger partial charge in [-0.2, -0.15) is 0 Å². The van der Waals surface area contributed by atoms with E-state index in [1.807, 2.05) is 13.8 Å². The minimum Gasteiger partial charge on any atom is -0.493 e. The van der Waals surface area contributed by atoms with Crippen molar-refractivity contribution in [1.29, 1.82) is 0 Å². The van der Waals surface area contributed by atoms with E-state index in [0.717, 1.165) is 17.7 Å². The summed E-state index contributed by atoms with van der Waals surface area (Å²) in [7, 11) is 0. The average molecular weight is 276 g/mol. The smallest absolute Gasteiger partial charge is 0.348 e. The molecule has 0 amide bonds. The Balaban J connectivity index is 1.78. The molecule has 1 fully saturated rings. The van der Waals surface area contributed by atoms with Gasteiger partial charge in [-0.15, -0.1) is 0 Å². The van der Waals surface area contributed by atoms with Crippen molar-refractivity contribution in [2.24, 2.45) is 5.41 Å². The predicted octanol–water partition coefficient (Wildman–Crippen LogP) is 1.73. The molecule has 1 saturated heterocycles. The third kappa shape index (κ3) is 2.13. The lowest BCUT2D eigenvalue weighted by molar-refractivity contribution is -0.145. The number of hydrogen-bond acceptors (Lipinski definition) is 5. The maximum Gasteiger partial charge on any atom is 0.348 e. The number of esters is 2. The third-order valence-electron chi connectivity index (χ3n) is 3.66. The Bertz CT molecular complexity index is 576. The molecule has 3 rings (SSSR count). The van der Waals surface area contributed by atoms with E-state index >= 15 is 0 Å². The fourth-order valence-electron chi connectivity index (χ4n) is 2.42. The van der Waals surface area contributed by atoms with Crippen LogP contribution in [0.15, 0.2) is 18.2 Å². The lowest BCUT2D eigenvalue weighted by Gasteiger charge is -2.21. The Hall–Kier alpha value is -2.04. The number of cyclic esters (lactones) is 1. The fourth-order valence-corrected chi connectivity index (χ4v) is 2.42. The largest absolute Gasteiger partial charge is 0.493 e. The van der Waals surface area contributed by atoms with Crippen LogP contribution in [0.25, 0.3) is 0 Å². The number of hydrogen-bond donors (Lipinski definition) is 0. The summed E-state index contributed by atoms with van der Waals surface area (Å²) in [6.45, 7) is 4.58. The molecular formula is C15H16O5. The van der Waals surface area contributed by atoms with Gasteiger partial charge >= 0.3 is 11.9 Å². The summed E-state index contributed by atoms with van der Waals surface area (Å²) in [5.74, 6) is -0.174. The van der Waals surface area contributed by atoms with Gasteiger partial charge in [0.25, 0.3) is 0 Å². The van der Waals surface area contributed by atoms with Crippen molar-refractivity contribution >= 4 is 11.9 Å². The van der Waals surface area contributed by atoms with Crippen molar-refractivity contribution in [2.75, 3.05) is 13.2 Å². The lowest BCUT2D eigenvalue weighted by atomic mass is 9.90. The van der Waals surface area contributed by atoms with Gasteiger partial charge in [0, 0.05) is 11.8 Å². The van der Waals surface area contributed by atoms with E-state index in [4.69, 9.17) is 14.2 Å². The van der Waals surface area contributed by atoms with Crippen LogP contribution < -0.4 is 4.74 Å². The molecule has 106 valence electrons. The molecule has 0 aliphatic carbocycles. The molecule has 2 aliphatic heterocycles. The minimum atomic E-state index is -0.848. The zero-order valence-corrected chi connectivity index (χ0v) is 11.5. The summed E-state index contributed by atoms with van der Waals surface area (Å²) < 4.78 is 15.7. The van der Waals surface area contributed by atoms with Gasteiger partial charge in [0.15, 0.2) is 0 Å². The monoisotopic (exact) mass is 276 g/mol. The fraction of sp³-hybridized carbons (Fsp3) is 0.467. The molecule has 0 aromatic heterocycles. The van der Waals surface area contributed by atoms with Gasteiger partial charge in [0.05, 0.1) is 12.2 Å². The van der Waals surface area contributed by atoms with Crippen LogP contribution in [0.4, 0.5) is 0 Å². The molecule has 1 aromatic rings. The van der Waals surface area contributed by atoms with Gasteiger partial charge in [-0.05, 0) is 23.8 Å². The van der Waals surface area contributed by atoms with E-state index < -0.39 is 23.5 Å². The first kappa shape index (κ1) is 13.0. The van der Waals surface area contributed by atoms with Crippen LogP contribution >= 0.6 is 0 Å². The van der Waals surface area contributed by atoms with Gasteiger partial charge in [0.1, 0.15) is 12.4 Å². The summed E-state index contributed by atoms with van der Waals surface area (Å²) in [5.41, 5.74) is 0.935. The highest BCUT2D eigenvalue weighted by Gasteiger charge is 2.46. The number of fused-ring (bicyclic) bond motifs is 1. The molecule has 0 spiro atoms. The summed E-state index contributed by atoms with van der Waals surface area (Å²) in [5, 5.41) is 0. The normalized spacial score (nSPS) is 22.9. The zero-order chi connectivity index (χ0) is 14.3. The topological polar surface area (TPSA) is 61.8 Å². The summed E-state index contributed by atoms with van der Waals surface area (Å²) in [6.07, 6.45) is -0.0625. The zero-order valence-electron chi connectivity index (χ0n) is 11.5. The highest BCUT2D eigenvalue weighted by molar-refractivity contribution is 5.92. The Morgan fingerprint density at radius 2 is 2.15 bits per heavy atom. The molecule has 5 heteroatoms. The maximum absolute atomic E-state index is 12.2. The Morgan fingerprint density at radius 3 is 2.85 bits per heavy atom. The van der Waals surface area contributed by atoms with Crippen molar-refractivity contribution in [1.82, 2.24) is 0 Å². The molecule has 1 aromatic carbocycles. The molecule has 0 bridgehead atoms. The number of carbonyl (C=O) groups is 2. The number of benzene rings is 1. The Kier molecular flexibility index (Phi) is 2.92.